The van der Waals surface area contributed by atoms with Crippen LogP contribution >= 0.6 is 0 Å². The average Bonchev–Trinajstić information content (AvgIpc) is 2.31. The van der Waals surface area contributed by atoms with Crippen LogP contribution in [0.4, 0.5) is 4.79 Å². The number of urea groups is 1. The molecule has 1 saturated heterocycles. The molecule has 2 amide bonds. The van der Waals surface area contributed by atoms with Crippen LogP contribution < -0.4 is 10.6 Å². The number of hydrogen-bond donors (Lipinski definition) is 3. The zero-order chi connectivity index (χ0) is 12.8. The number of carboxylic acids is 1. The van der Waals surface area contributed by atoms with Crippen LogP contribution in [-0.2, 0) is 4.79 Å². The molecule has 1 rings (SSSR count). The van der Waals surface area contributed by atoms with Crippen LogP contribution in [0.2, 0.25) is 0 Å². The van der Waals surface area contributed by atoms with E-state index in [4.69, 9.17) is 5.11 Å². The lowest BCUT2D eigenvalue weighted by atomic mass is 10.1. The molecule has 6 heteroatoms. The predicted molar refractivity (Wildman–Crippen MR) is 63.9 cm³/mol. The molecule has 0 aromatic heterocycles. The van der Waals surface area contributed by atoms with Crippen molar-refractivity contribution in [3.05, 3.63) is 0 Å². The summed E-state index contributed by atoms with van der Waals surface area (Å²) < 4.78 is 0. The van der Waals surface area contributed by atoms with E-state index in [9.17, 15) is 9.59 Å². The zero-order valence-corrected chi connectivity index (χ0v) is 10.4. The predicted octanol–water partition coefficient (Wildman–Crippen LogP) is 0.243. The van der Waals surface area contributed by atoms with E-state index < -0.39 is 12.0 Å². The van der Waals surface area contributed by atoms with Crippen molar-refractivity contribution in [1.82, 2.24) is 15.5 Å². The normalized spacial score (nSPS) is 18.5. The Bertz CT molecular complexity index is 277. The summed E-state index contributed by atoms with van der Waals surface area (Å²) in [5.74, 6) is -1.01. The largest absolute Gasteiger partial charge is 0.480 e. The van der Waals surface area contributed by atoms with Gasteiger partial charge in [0.1, 0.15) is 6.04 Å². The number of aliphatic carboxylic acids is 1. The minimum Gasteiger partial charge on any atom is -0.480 e. The first-order valence-electron chi connectivity index (χ1n) is 6.07. The summed E-state index contributed by atoms with van der Waals surface area (Å²) in [5.41, 5.74) is 0. The van der Waals surface area contributed by atoms with Crippen molar-refractivity contribution in [2.45, 2.75) is 38.8 Å². The lowest BCUT2D eigenvalue weighted by Crippen LogP contribution is -2.52. The van der Waals surface area contributed by atoms with Gasteiger partial charge in [0.2, 0.25) is 0 Å². The summed E-state index contributed by atoms with van der Waals surface area (Å²) in [6, 6.07) is -0.921. The molecule has 17 heavy (non-hydrogen) atoms. The third kappa shape index (κ3) is 3.89. The summed E-state index contributed by atoms with van der Waals surface area (Å²) >= 11 is 0. The number of nitrogens with zero attached hydrogens (tertiary/aromatic N) is 1. The topological polar surface area (TPSA) is 81.7 Å². The molecule has 98 valence electrons. The second-order valence-electron chi connectivity index (χ2n) is 4.28. The molecule has 1 aliphatic heterocycles. The molecule has 0 aromatic rings. The molecule has 0 radical (unpaired) electrons. The van der Waals surface area contributed by atoms with E-state index in [1.807, 2.05) is 6.92 Å². The van der Waals surface area contributed by atoms with Crippen molar-refractivity contribution < 1.29 is 14.7 Å². The van der Waals surface area contributed by atoms with E-state index in [1.165, 1.54) is 6.92 Å². The number of amides is 2. The van der Waals surface area contributed by atoms with Crippen molar-refractivity contribution >= 4 is 12.0 Å². The number of rotatable bonds is 4. The van der Waals surface area contributed by atoms with Gasteiger partial charge in [0, 0.05) is 12.6 Å². The maximum atomic E-state index is 11.9. The van der Waals surface area contributed by atoms with Crippen molar-refractivity contribution in [1.29, 1.82) is 0 Å². The van der Waals surface area contributed by atoms with Crippen LogP contribution in [0.25, 0.3) is 0 Å². The van der Waals surface area contributed by atoms with Crippen LogP contribution in [0.1, 0.15) is 26.7 Å². The van der Waals surface area contributed by atoms with Gasteiger partial charge in [-0.3, -0.25) is 4.79 Å². The minimum absolute atomic E-state index is 0.210. The molecule has 0 bridgehead atoms. The van der Waals surface area contributed by atoms with Crippen LogP contribution in [0.15, 0.2) is 0 Å². The summed E-state index contributed by atoms with van der Waals surface area (Å²) in [5, 5.41) is 14.5. The highest BCUT2D eigenvalue weighted by Gasteiger charge is 2.25. The van der Waals surface area contributed by atoms with Gasteiger partial charge >= 0.3 is 12.0 Å². The minimum atomic E-state index is -1.01. The second-order valence-corrected chi connectivity index (χ2v) is 4.28. The first-order valence-corrected chi connectivity index (χ1v) is 6.07. The maximum Gasteiger partial charge on any atom is 0.325 e. The van der Waals surface area contributed by atoms with Gasteiger partial charge < -0.3 is 20.6 Å². The molecular formula is C11H21N3O3. The first kappa shape index (κ1) is 13.8. The van der Waals surface area contributed by atoms with Gasteiger partial charge in [-0.05, 0) is 39.8 Å². The number of hydrogen-bond acceptors (Lipinski definition) is 3. The molecule has 0 aromatic carbocycles. The standard InChI is InChI=1S/C11H21N3O3/c1-3-14(9-4-6-12-7-5-9)11(17)13-8(2)10(15)16/h8-9,12H,3-7H2,1-2H3,(H,13,17)(H,15,16)/t8-/m0/s1. The first-order chi connectivity index (χ1) is 8.06. The monoisotopic (exact) mass is 243 g/mol. The van der Waals surface area contributed by atoms with E-state index in [0.29, 0.717) is 6.54 Å². The van der Waals surface area contributed by atoms with Crippen molar-refractivity contribution in [2.24, 2.45) is 0 Å². The molecular weight excluding hydrogens is 222 g/mol. The molecule has 1 fully saturated rings. The molecule has 0 aliphatic carbocycles. The van der Waals surface area contributed by atoms with E-state index >= 15 is 0 Å². The van der Waals surface area contributed by atoms with Gasteiger partial charge in [0.05, 0.1) is 0 Å². The highest BCUT2D eigenvalue weighted by Crippen LogP contribution is 2.11. The van der Waals surface area contributed by atoms with Gasteiger partial charge in [-0.2, -0.15) is 0 Å². The van der Waals surface area contributed by atoms with E-state index in [-0.39, 0.29) is 12.1 Å². The third-order valence-corrected chi connectivity index (χ3v) is 3.06. The van der Waals surface area contributed by atoms with Crippen LogP contribution in [-0.4, -0.2) is 53.7 Å². The lowest BCUT2D eigenvalue weighted by Gasteiger charge is -2.34. The summed E-state index contributed by atoms with van der Waals surface area (Å²) in [4.78, 5) is 24.3. The Morgan fingerprint density at radius 3 is 2.53 bits per heavy atom. The number of carbonyl (C=O) groups excluding carboxylic acids is 1. The van der Waals surface area contributed by atoms with Crippen molar-refractivity contribution in [2.75, 3.05) is 19.6 Å². The molecule has 1 heterocycles. The molecule has 1 aliphatic rings. The number of piperidine rings is 1. The average molecular weight is 243 g/mol. The van der Waals surface area contributed by atoms with Gasteiger partial charge in [-0.1, -0.05) is 0 Å². The van der Waals surface area contributed by atoms with Gasteiger partial charge in [-0.15, -0.1) is 0 Å². The smallest absolute Gasteiger partial charge is 0.325 e. The molecule has 6 nitrogen and oxygen atoms in total. The fourth-order valence-electron chi connectivity index (χ4n) is 2.02. The molecule has 0 saturated carbocycles. The Hall–Kier alpha value is -1.30. The second kappa shape index (κ2) is 6.44. The molecule has 0 unspecified atom stereocenters. The zero-order valence-electron chi connectivity index (χ0n) is 10.4. The fourth-order valence-corrected chi connectivity index (χ4v) is 2.02. The van der Waals surface area contributed by atoms with E-state index in [2.05, 4.69) is 10.6 Å². The van der Waals surface area contributed by atoms with Crippen molar-refractivity contribution in [3.63, 3.8) is 0 Å². The third-order valence-electron chi connectivity index (χ3n) is 3.06. The highest BCUT2D eigenvalue weighted by atomic mass is 16.4. The van der Waals surface area contributed by atoms with Gasteiger partial charge in [0.25, 0.3) is 0 Å². The highest BCUT2D eigenvalue weighted by molar-refractivity contribution is 5.82. The Balaban J connectivity index is 2.53. The van der Waals surface area contributed by atoms with E-state index in [0.717, 1.165) is 25.9 Å². The Morgan fingerprint density at radius 1 is 1.47 bits per heavy atom. The summed E-state index contributed by atoms with van der Waals surface area (Å²) in [6.45, 7) is 5.79. The van der Waals surface area contributed by atoms with Gasteiger partial charge in [0.15, 0.2) is 0 Å². The SMILES string of the molecule is CCN(C(=O)N[C@@H](C)C(=O)O)C1CCNCC1. The van der Waals surface area contributed by atoms with Crippen molar-refractivity contribution in [3.8, 4) is 0 Å². The van der Waals surface area contributed by atoms with Crippen LogP contribution in [0.3, 0.4) is 0 Å². The van der Waals surface area contributed by atoms with Crippen LogP contribution in [0.5, 0.6) is 0 Å². The van der Waals surface area contributed by atoms with E-state index in [1.54, 1.807) is 4.90 Å². The summed E-state index contributed by atoms with van der Waals surface area (Å²) in [6.07, 6.45) is 1.84. The van der Waals surface area contributed by atoms with Crippen LogP contribution in [0, 0.1) is 0 Å². The fraction of sp³-hybridized carbons (Fsp3) is 0.818. The van der Waals surface area contributed by atoms with Gasteiger partial charge in [-0.25, -0.2) is 4.79 Å². The number of nitrogens with one attached hydrogen (secondary N) is 2. The summed E-state index contributed by atoms with van der Waals surface area (Å²) in [7, 11) is 0. The Labute approximate surface area is 101 Å². The molecule has 0 spiro atoms. The maximum absolute atomic E-state index is 11.9. The molecule has 3 N–H and O–H groups in total. The number of carbonyl (C=O) groups is 2. The number of carboxylic acid groups (broad SMARTS) is 1. The lowest BCUT2D eigenvalue weighted by molar-refractivity contribution is -0.138. The Kier molecular flexibility index (Phi) is 5.21. The molecule has 1 atom stereocenters. The quantitative estimate of drug-likeness (QED) is 0.661. The Morgan fingerprint density at radius 2 is 2.06 bits per heavy atom.